The molecule has 0 aromatic heterocycles. The fourth-order valence-corrected chi connectivity index (χ4v) is 2.28. The van der Waals surface area contributed by atoms with E-state index >= 15 is 0 Å². The van der Waals surface area contributed by atoms with Crippen molar-refractivity contribution in [1.29, 1.82) is 0 Å². The Morgan fingerprint density at radius 3 is 2.45 bits per heavy atom. The number of aliphatic hydroxyl groups is 1. The first-order valence-corrected chi connectivity index (χ1v) is 7.42. The Morgan fingerprint density at radius 1 is 1.23 bits per heavy atom. The molecular weight excluding hydrogens is 287 g/mol. The first-order chi connectivity index (χ1) is 10.5. The van der Waals surface area contributed by atoms with Crippen LogP contribution in [-0.2, 0) is 9.59 Å². The highest BCUT2D eigenvalue weighted by molar-refractivity contribution is 6.39. The van der Waals surface area contributed by atoms with Crippen LogP contribution in [0.5, 0.6) is 0 Å². The van der Waals surface area contributed by atoms with Crippen molar-refractivity contribution in [2.75, 3.05) is 18.5 Å². The maximum absolute atomic E-state index is 13.0. The van der Waals surface area contributed by atoms with Crippen molar-refractivity contribution in [3.8, 4) is 0 Å². The van der Waals surface area contributed by atoms with Crippen LogP contribution in [0.1, 0.15) is 33.1 Å². The highest BCUT2D eigenvalue weighted by Crippen LogP contribution is 2.29. The van der Waals surface area contributed by atoms with Gasteiger partial charge < -0.3 is 15.7 Å². The number of benzene rings is 1. The SMILES string of the molecule is CCC(CC)(CCO)CNC(=O)C(=O)Nc1cccc(F)c1. The van der Waals surface area contributed by atoms with E-state index in [4.69, 9.17) is 5.11 Å². The molecule has 0 fully saturated rings. The molecule has 5 nitrogen and oxygen atoms in total. The van der Waals surface area contributed by atoms with Crippen molar-refractivity contribution in [2.45, 2.75) is 33.1 Å². The summed E-state index contributed by atoms with van der Waals surface area (Å²) in [4.78, 5) is 23.6. The molecule has 1 aromatic carbocycles. The minimum atomic E-state index is -0.837. The highest BCUT2D eigenvalue weighted by Gasteiger charge is 2.27. The monoisotopic (exact) mass is 310 g/mol. The molecule has 22 heavy (non-hydrogen) atoms. The zero-order valence-corrected chi connectivity index (χ0v) is 13.0. The first-order valence-electron chi connectivity index (χ1n) is 7.42. The Labute approximate surface area is 129 Å². The quantitative estimate of drug-likeness (QED) is 0.675. The lowest BCUT2D eigenvalue weighted by Crippen LogP contribution is -2.42. The molecule has 3 N–H and O–H groups in total. The van der Waals surface area contributed by atoms with E-state index in [2.05, 4.69) is 10.6 Å². The van der Waals surface area contributed by atoms with Gasteiger partial charge in [-0.05, 0) is 42.9 Å². The Kier molecular flexibility index (Phi) is 6.98. The molecule has 1 rings (SSSR count). The van der Waals surface area contributed by atoms with E-state index in [0.717, 1.165) is 18.9 Å². The van der Waals surface area contributed by atoms with Gasteiger partial charge in [-0.15, -0.1) is 0 Å². The lowest BCUT2D eigenvalue weighted by atomic mass is 9.79. The van der Waals surface area contributed by atoms with Gasteiger partial charge in [-0.3, -0.25) is 9.59 Å². The van der Waals surface area contributed by atoms with Gasteiger partial charge in [0.05, 0.1) is 0 Å². The summed E-state index contributed by atoms with van der Waals surface area (Å²) >= 11 is 0. The Hall–Kier alpha value is -1.95. The summed E-state index contributed by atoms with van der Waals surface area (Å²) in [6.45, 7) is 4.32. The van der Waals surface area contributed by atoms with Crippen LogP contribution in [0.4, 0.5) is 10.1 Å². The Bertz CT molecular complexity index is 516. The fraction of sp³-hybridized carbons (Fsp3) is 0.500. The van der Waals surface area contributed by atoms with Crippen LogP contribution in [-0.4, -0.2) is 30.1 Å². The van der Waals surface area contributed by atoms with E-state index in [1.807, 2.05) is 13.8 Å². The predicted octanol–water partition coefficient (Wildman–Crippen LogP) is 2.07. The number of hydrogen-bond acceptors (Lipinski definition) is 3. The van der Waals surface area contributed by atoms with E-state index in [9.17, 15) is 14.0 Å². The Balaban J connectivity index is 2.58. The van der Waals surface area contributed by atoms with Crippen LogP contribution in [0.2, 0.25) is 0 Å². The molecule has 0 atom stereocenters. The van der Waals surface area contributed by atoms with Crippen LogP contribution in [0.15, 0.2) is 24.3 Å². The summed E-state index contributed by atoms with van der Waals surface area (Å²) in [6.07, 6.45) is 2.14. The smallest absolute Gasteiger partial charge is 0.313 e. The topological polar surface area (TPSA) is 78.4 Å². The predicted molar refractivity (Wildman–Crippen MR) is 82.8 cm³/mol. The van der Waals surface area contributed by atoms with Gasteiger partial charge in [-0.25, -0.2) is 4.39 Å². The lowest BCUT2D eigenvalue weighted by Gasteiger charge is -2.31. The zero-order chi connectivity index (χ0) is 16.6. The third kappa shape index (κ3) is 5.11. The number of aliphatic hydroxyl groups excluding tert-OH is 1. The maximum atomic E-state index is 13.0. The van der Waals surface area contributed by atoms with Crippen molar-refractivity contribution in [1.82, 2.24) is 5.32 Å². The van der Waals surface area contributed by atoms with Crippen LogP contribution >= 0.6 is 0 Å². The molecule has 0 saturated heterocycles. The number of hydrogen-bond donors (Lipinski definition) is 3. The fourth-order valence-electron chi connectivity index (χ4n) is 2.28. The molecule has 0 heterocycles. The maximum Gasteiger partial charge on any atom is 0.313 e. The van der Waals surface area contributed by atoms with Crippen molar-refractivity contribution >= 4 is 17.5 Å². The van der Waals surface area contributed by atoms with Crippen molar-refractivity contribution in [2.24, 2.45) is 5.41 Å². The van der Waals surface area contributed by atoms with Crippen molar-refractivity contribution in [3.63, 3.8) is 0 Å². The minimum Gasteiger partial charge on any atom is -0.396 e. The molecule has 6 heteroatoms. The number of carbonyl (C=O) groups excluding carboxylic acids is 2. The average Bonchev–Trinajstić information content (AvgIpc) is 2.51. The van der Waals surface area contributed by atoms with E-state index in [1.165, 1.54) is 18.2 Å². The first kappa shape index (κ1) is 18.1. The van der Waals surface area contributed by atoms with Gasteiger partial charge in [-0.1, -0.05) is 19.9 Å². The number of anilines is 1. The molecule has 0 aliphatic carbocycles. The van der Waals surface area contributed by atoms with E-state index in [0.29, 0.717) is 13.0 Å². The van der Waals surface area contributed by atoms with E-state index in [1.54, 1.807) is 0 Å². The third-order valence-electron chi connectivity index (χ3n) is 4.05. The summed E-state index contributed by atoms with van der Waals surface area (Å²) in [5.41, 5.74) is 0.0107. The van der Waals surface area contributed by atoms with Crippen molar-refractivity contribution < 1.29 is 19.1 Å². The molecule has 0 unspecified atom stereocenters. The summed E-state index contributed by atoms with van der Waals surface area (Å²) in [6, 6.07) is 5.34. The molecule has 2 amide bonds. The zero-order valence-electron chi connectivity index (χ0n) is 13.0. The van der Waals surface area contributed by atoms with Gasteiger partial charge in [0.25, 0.3) is 0 Å². The van der Waals surface area contributed by atoms with Gasteiger partial charge in [0, 0.05) is 18.8 Å². The second kappa shape index (κ2) is 8.48. The van der Waals surface area contributed by atoms with Crippen LogP contribution in [0.25, 0.3) is 0 Å². The number of halogens is 1. The van der Waals surface area contributed by atoms with Gasteiger partial charge in [0.2, 0.25) is 0 Å². The average molecular weight is 310 g/mol. The third-order valence-corrected chi connectivity index (χ3v) is 4.05. The van der Waals surface area contributed by atoms with E-state index in [-0.39, 0.29) is 17.7 Å². The summed E-state index contributed by atoms with van der Waals surface area (Å²) in [5, 5.41) is 14.1. The van der Waals surface area contributed by atoms with E-state index < -0.39 is 17.6 Å². The van der Waals surface area contributed by atoms with Gasteiger partial charge in [0.1, 0.15) is 5.82 Å². The summed E-state index contributed by atoms with van der Waals surface area (Å²) in [5.74, 6) is -2.10. The largest absolute Gasteiger partial charge is 0.396 e. The Morgan fingerprint density at radius 2 is 1.91 bits per heavy atom. The molecule has 0 aliphatic rings. The van der Waals surface area contributed by atoms with Gasteiger partial charge >= 0.3 is 11.8 Å². The molecule has 0 spiro atoms. The second-order valence-electron chi connectivity index (χ2n) is 5.33. The normalized spacial score (nSPS) is 11.1. The van der Waals surface area contributed by atoms with Crippen LogP contribution in [0.3, 0.4) is 0 Å². The molecule has 122 valence electrons. The standard InChI is InChI=1S/C16H23FN2O3/c1-3-16(4-2,8-9-20)11-18-14(21)15(22)19-13-7-5-6-12(17)10-13/h5-7,10,20H,3-4,8-9,11H2,1-2H3,(H,18,21)(H,19,22). The molecular formula is C16H23FN2O3. The lowest BCUT2D eigenvalue weighted by molar-refractivity contribution is -0.136. The number of amides is 2. The van der Waals surface area contributed by atoms with Gasteiger partial charge in [-0.2, -0.15) is 0 Å². The molecule has 0 saturated carbocycles. The van der Waals surface area contributed by atoms with Gasteiger partial charge in [0.15, 0.2) is 0 Å². The minimum absolute atomic E-state index is 0.0348. The second-order valence-corrected chi connectivity index (χ2v) is 5.33. The molecule has 0 bridgehead atoms. The summed E-state index contributed by atoms with van der Waals surface area (Å²) < 4.78 is 13.0. The van der Waals surface area contributed by atoms with Crippen LogP contribution in [0, 0.1) is 11.2 Å². The molecule has 1 aromatic rings. The number of rotatable bonds is 7. The molecule has 0 aliphatic heterocycles. The number of carbonyl (C=O) groups is 2. The highest BCUT2D eigenvalue weighted by atomic mass is 19.1. The summed E-state index contributed by atoms with van der Waals surface area (Å²) in [7, 11) is 0. The number of nitrogens with one attached hydrogen (secondary N) is 2. The molecule has 0 radical (unpaired) electrons. The van der Waals surface area contributed by atoms with Crippen LogP contribution < -0.4 is 10.6 Å². The van der Waals surface area contributed by atoms with Crippen molar-refractivity contribution in [3.05, 3.63) is 30.1 Å².